The molecule has 1 aliphatic heterocycles. The van der Waals surface area contributed by atoms with E-state index in [2.05, 4.69) is 42.5 Å². The zero-order valence-electron chi connectivity index (χ0n) is 18.5. The van der Waals surface area contributed by atoms with E-state index in [1.54, 1.807) is 0 Å². The highest BCUT2D eigenvalue weighted by Gasteiger charge is 2.26. The monoisotopic (exact) mass is 473 g/mol. The number of aromatic nitrogens is 1. The summed E-state index contributed by atoms with van der Waals surface area (Å²) in [6, 6.07) is 10.3. The van der Waals surface area contributed by atoms with Crippen LogP contribution in [0, 0.1) is 13.8 Å². The summed E-state index contributed by atoms with van der Waals surface area (Å²) in [6.07, 6.45) is 0.925. The first-order chi connectivity index (χ1) is 15.3. The van der Waals surface area contributed by atoms with E-state index in [4.69, 9.17) is 4.74 Å². The van der Waals surface area contributed by atoms with Gasteiger partial charge in [-0.3, -0.25) is 4.79 Å². The van der Waals surface area contributed by atoms with Crippen molar-refractivity contribution in [3.63, 3.8) is 0 Å². The number of benzene rings is 2. The third-order valence-electron chi connectivity index (χ3n) is 5.65. The number of thiazole rings is 1. The minimum Gasteiger partial charge on any atom is -0.379 e. The van der Waals surface area contributed by atoms with Crippen LogP contribution >= 0.6 is 11.3 Å². The lowest BCUT2D eigenvalue weighted by Crippen LogP contribution is -2.40. The van der Waals surface area contributed by atoms with Crippen LogP contribution in [-0.4, -0.2) is 49.5 Å². The molecule has 0 N–H and O–H groups in total. The van der Waals surface area contributed by atoms with E-state index in [-0.39, 0.29) is 10.8 Å². The molecule has 1 aliphatic rings. The van der Waals surface area contributed by atoms with Gasteiger partial charge in [0.2, 0.25) is 10.0 Å². The maximum atomic E-state index is 12.9. The molecule has 1 amide bonds. The molecule has 7 nitrogen and oxygen atoms in total. The highest BCUT2D eigenvalue weighted by Crippen LogP contribution is 2.23. The zero-order chi connectivity index (χ0) is 22.9. The SMILES string of the molecule is CCCn1c(=NC(=O)c2ccc(S(=O)(=O)N3CCOCC3)cc2)sc2cc(C)c(C)cc21. The predicted molar refractivity (Wildman–Crippen MR) is 125 cm³/mol. The summed E-state index contributed by atoms with van der Waals surface area (Å²) in [5.41, 5.74) is 3.85. The minimum atomic E-state index is -3.59. The Bertz CT molecular complexity index is 1320. The number of sulfonamides is 1. The van der Waals surface area contributed by atoms with Gasteiger partial charge in [0, 0.05) is 25.2 Å². The lowest BCUT2D eigenvalue weighted by molar-refractivity contribution is 0.0730. The van der Waals surface area contributed by atoms with Crippen molar-refractivity contribution >= 4 is 37.5 Å². The van der Waals surface area contributed by atoms with E-state index in [0.29, 0.717) is 36.7 Å². The van der Waals surface area contributed by atoms with Gasteiger partial charge in [0.1, 0.15) is 0 Å². The Morgan fingerprint density at radius 2 is 1.75 bits per heavy atom. The standard InChI is InChI=1S/C23H27N3O4S2/c1-4-9-26-20-14-16(2)17(3)15-21(20)31-23(26)24-22(27)18-5-7-19(8-6-18)32(28,29)25-10-12-30-13-11-25/h5-8,14-15H,4,9-13H2,1-3H3. The number of rotatable bonds is 5. The fraction of sp³-hybridized carbons (Fsp3) is 0.391. The van der Waals surface area contributed by atoms with Crippen LogP contribution in [0.5, 0.6) is 0 Å². The van der Waals surface area contributed by atoms with Crippen molar-refractivity contribution in [2.75, 3.05) is 26.3 Å². The molecule has 9 heteroatoms. The molecule has 0 saturated carbocycles. The average Bonchev–Trinajstić information content (AvgIpc) is 3.10. The molecule has 2 aromatic carbocycles. The molecule has 0 aliphatic carbocycles. The summed E-state index contributed by atoms with van der Waals surface area (Å²) in [6.45, 7) is 8.47. The highest BCUT2D eigenvalue weighted by atomic mass is 32.2. The molecule has 2 heterocycles. The van der Waals surface area contributed by atoms with Crippen LogP contribution in [0.3, 0.4) is 0 Å². The Labute approximate surface area is 192 Å². The van der Waals surface area contributed by atoms with Crippen LogP contribution < -0.4 is 4.80 Å². The fourth-order valence-electron chi connectivity index (χ4n) is 3.70. The molecule has 0 unspecified atom stereocenters. The molecule has 1 aromatic heterocycles. The van der Waals surface area contributed by atoms with Gasteiger partial charge in [-0.25, -0.2) is 8.42 Å². The average molecular weight is 474 g/mol. The highest BCUT2D eigenvalue weighted by molar-refractivity contribution is 7.89. The topological polar surface area (TPSA) is 81.0 Å². The fourth-order valence-corrected chi connectivity index (χ4v) is 6.25. The van der Waals surface area contributed by atoms with Gasteiger partial charge in [0.15, 0.2) is 4.80 Å². The number of hydrogen-bond donors (Lipinski definition) is 0. The number of nitrogens with zero attached hydrogens (tertiary/aromatic N) is 3. The Kier molecular flexibility index (Phi) is 6.62. The summed E-state index contributed by atoms with van der Waals surface area (Å²) in [7, 11) is -3.59. The third kappa shape index (κ3) is 4.43. The molecular weight excluding hydrogens is 446 g/mol. The van der Waals surface area contributed by atoms with Gasteiger partial charge in [0.05, 0.1) is 28.3 Å². The largest absolute Gasteiger partial charge is 0.379 e. The second-order valence-corrected chi connectivity index (χ2v) is 10.8. The lowest BCUT2D eigenvalue weighted by Gasteiger charge is -2.26. The van der Waals surface area contributed by atoms with Crippen molar-refractivity contribution in [2.24, 2.45) is 4.99 Å². The molecule has 4 rings (SSSR count). The number of amides is 1. The van der Waals surface area contributed by atoms with Crippen LogP contribution in [-0.2, 0) is 21.3 Å². The van der Waals surface area contributed by atoms with Gasteiger partial charge < -0.3 is 9.30 Å². The Balaban J connectivity index is 1.66. The summed E-state index contributed by atoms with van der Waals surface area (Å²) >= 11 is 1.50. The number of fused-ring (bicyclic) bond motifs is 1. The van der Waals surface area contributed by atoms with Crippen LogP contribution in [0.2, 0.25) is 0 Å². The number of carbonyl (C=O) groups is 1. The summed E-state index contributed by atoms with van der Waals surface area (Å²) in [5.74, 6) is -0.384. The third-order valence-corrected chi connectivity index (χ3v) is 8.61. The van der Waals surface area contributed by atoms with Crippen molar-refractivity contribution in [2.45, 2.75) is 38.6 Å². The quantitative estimate of drug-likeness (QED) is 0.568. The molecule has 170 valence electrons. The van der Waals surface area contributed by atoms with E-state index in [1.165, 1.54) is 51.0 Å². The molecule has 1 saturated heterocycles. The maximum absolute atomic E-state index is 12.9. The first-order valence-electron chi connectivity index (χ1n) is 10.7. The number of ether oxygens (including phenoxy) is 1. The molecule has 0 atom stereocenters. The summed E-state index contributed by atoms with van der Waals surface area (Å²) in [5, 5.41) is 0. The van der Waals surface area contributed by atoms with E-state index in [9.17, 15) is 13.2 Å². The van der Waals surface area contributed by atoms with Crippen LogP contribution in [0.15, 0.2) is 46.3 Å². The van der Waals surface area contributed by atoms with Crippen molar-refractivity contribution < 1.29 is 17.9 Å². The van der Waals surface area contributed by atoms with Gasteiger partial charge in [-0.15, -0.1) is 0 Å². The van der Waals surface area contributed by atoms with Crippen molar-refractivity contribution in [1.82, 2.24) is 8.87 Å². The zero-order valence-corrected chi connectivity index (χ0v) is 20.1. The van der Waals surface area contributed by atoms with E-state index in [0.717, 1.165) is 23.2 Å². The molecule has 0 spiro atoms. The van der Waals surface area contributed by atoms with Gasteiger partial charge in [-0.1, -0.05) is 18.3 Å². The molecule has 0 radical (unpaired) electrons. The van der Waals surface area contributed by atoms with Crippen LogP contribution in [0.4, 0.5) is 0 Å². The summed E-state index contributed by atoms with van der Waals surface area (Å²) < 4.78 is 35.4. The van der Waals surface area contributed by atoms with Crippen LogP contribution in [0.25, 0.3) is 10.2 Å². The molecule has 3 aromatic rings. The normalized spacial score (nSPS) is 16.0. The Hall–Kier alpha value is -2.33. The molecule has 1 fully saturated rings. The number of morpholine rings is 1. The first-order valence-corrected chi connectivity index (χ1v) is 12.9. The molecule has 0 bridgehead atoms. The van der Waals surface area contributed by atoms with Crippen molar-refractivity contribution in [3.8, 4) is 0 Å². The Morgan fingerprint density at radius 1 is 1.09 bits per heavy atom. The van der Waals surface area contributed by atoms with Gasteiger partial charge in [-0.05, 0) is 67.8 Å². The Morgan fingerprint density at radius 3 is 2.41 bits per heavy atom. The van der Waals surface area contributed by atoms with Crippen molar-refractivity contribution in [3.05, 3.63) is 57.9 Å². The smallest absolute Gasteiger partial charge is 0.279 e. The van der Waals surface area contributed by atoms with Crippen molar-refractivity contribution in [1.29, 1.82) is 0 Å². The predicted octanol–water partition coefficient (Wildman–Crippen LogP) is 3.49. The summed E-state index contributed by atoms with van der Waals surface area (Å²) in [4.78, 5) is 18.1. The minimum absolute atomic E-state index is 0.171. The van der Waals surface area contributed by atoms with E-state index < -0.39 is 10.0 Å². The maximum Gasteiger partial charge on any atom is 0.279 e. The van der Waals surface area contributed by atoms with E-state index >= 15 is 0 Å². The second-order valence-electron chi connectivity index (χ2n) is 7.90. The number of aryl methyl sites for hydroxylation is 3. The number of hydrogen-bond acceptors (Lipinski definition) is 5. The number of carbonyl (C=O) groups excluding carboxylic acids is 1. The van der Waals surface area contributed by atoms with E-state index in [1.807, 2.05) is 0 Å². The molecule has 32 heavy (non-hydrogen) atoms. The van der Waals surface area contributed by atoms with Gasteiger partial charge >= 0.3 is 0 Å². The van der Waals surface area contributed by atoms with Gasteiger partial charge in [-0.2, -0.15) is 9.30 Å². The van der Waals surface area contributed by atoms with Gasteiger partial charge in [0.25, 0.3) is 5.91 Å². The van der Waals surface area contributed by atoms with Crippen LogP contribution in [0.1, 0.15) is 34.8 Å². The lowest BCUT2D eigenvalue weighted by atomic mass is 10.1. The molecular formula is C23H27N3O4S2. The first kappa shape index (κ1) is 22.8. The second kappa shape index (κ2) is 9.27.